The summed E-state index contributed by atoms with van der Waals surface area (Å²) in [4.78, 5) is 27.6. The summed E-state index contributed by atoms with van der Waals surface area (Å²) in [5.41, 5.74) is 7.31. The molecule has 35 heavy (non-hydrogen) atoms. The zero-order valence-electron chi connectivity index (χ0n) is 19.1. The van der Waals surface area contributed by atoms with E-state index in [1.165, 1.54) is 16.2 Å². The van der Waals surface area contributed by atoms with Crippen molar-refractivity contribution in [2.24, 2.45) is 5.73 Å². The first-order valence-electron chi connectivity index (χ1n) is 11.3. The number of urea groups is 1. The van der Waals surface area contributed by atoms with Crippen molar-refractivity contribution < 1.29 is 27.5 Å². The third-order valence-corrected chi connectivity index (χ3v) is 8.58. The SMILES string of the molecule is CCOC(=O)c1c(NC(=O)NCc2c(C(F)(F)F)sc3c2CCN(C(=N)N)C3)sc2c1CCCC2. The van der Waals surface area contributed by atoms with Gasteiger partial charge in [-0.3, -0.25) is 10.7 Å². The first-order chi connectivity index (χ1) is 16.6. The van der Waals surface area contributed by atoms with Crippen LogP contribution in [0.5, 0.6) is 0 Å². The predicted octanol–water partition coefficient (Wildman–Crippen LogP) is 4.46. The van der Waals surface area contributed by atoms with E-state index in [1.807, 2.05) is 0 Å². The normalized spacial score (nSPS) is 15.3. The highest BCUT2D eigenvalue weighted by molar-refractivity contribution is 7.17. The molecule has 0 spiro atoms. The minimum Gasteiger partial charge on any atom is -0.462 e. The van der Waals surface area contributed by atoms with Gasteiger partial charge in [-0.25, -0.2) is 9.59 Å². The number of hydrogen-bond acceptors (Lipinski definition) is 6. The number of fused-ring (bicyclic) bond motifs is 2. The van der Waals surface area contributed by atoms with Gasteiger partial charge in [0.1, 0.15) is 9.88 Å². The van der Waals surface area contributed by atoms with Crippen molar-refractivity contribution in [3.63, 3.8) is 0 Å². The first-order valence-corrected chi connectivity index (χ1v) is 12.9. The number of nitrogens with two attached hydrogens (primary N) is 1. The van der Waals surface area contributed by atoms with Crippen LogP contribution in [0.1, 0.15) is 61.4 Å². The molecule has 2 aliphatic rings. The van der Waals surface area contributed by atoms with E-state index in [2.05, 4.69) is 10.6 Å². The number of carbonyl (C=O) groups is 2. The number of nitrogens with zero attached hydrogens (tertiary/aromatic N) is 1. The van der Waals surface area contributed by atoms with Crippen molar-refractivity contribution in [2.75, 3.05) is 18.5 Å². The minimum absolute atomic E-state index is 0.0342. The molecule has 13 heteroatoms. The van der Waals surface area contributed by atoms with Crippen molar-refractivity contribution >= 4 is 45.6 Å². The van der Waals surface area contributed by atoms with Gasteiger partial charge in [-0.2, -0.15) is 13.2 Å². The maximum absolute atomic E-state index is 13.8. The topological polar surface area (TPSA) is 121 Å². The number of guanidine groups is 1. The van der Waals surface area contributed by atoms with Gasteiger partial charge in [0, 0.05) is 22.8 Å². The molecule has 3 heterocycles. The number of rotatable bonds is 5. The fraction of sp³-hybridized carbons (Fsp3) is 0.500. The standard InChI is InChI=1S/C22H26F3N5O3S2/c1-2-33-19(31)16-12-5-3-4-6-14(12)35-18(16)29-21(32)28-9-13-11-7-8-30(20(26)27)10-15(11)34-17(13)22(23,24)25/h2-10H2,1H3,(H3,26,27)(H2,28,29,32). The molecule has 0 aromatic carbocycles. The maximum Gasteiger partial charge on any atom is 0.425 e. The number of esters is 1. The molecule has 190 valence electrons. The first kappa shape index (κ1) is 25.3. The third kappa shape index (κ3) is 5.25. The summed E-state index contributed by atoms with van der Waals surface area (Å²) >= 11 is 1.94. The third-order valence-electron chi connectivity index (χ3n) is 6.07. The highest BCUT2D eigenvalue weighted by Gasteiger charge is 2.39. The largest absolute Gasteiger partial charge is 0.462 e. The van der Waals surface area contributed by atoms with Crippen LogP contribution in [0.25, 0.3) is 0 Å². The second-order valence-electron chi connectivity index (χ2n) is 8.31. The van der Waals surface area contributed by atoms with Gasteiger partial charge in [-0.15, -0.1) is 22.7 Å². The highest BCUT2D eigenvalue weighted by Crippen LogP contribution is 2.43. The number of amides is 2. The molecule has 0 saturated heterocycles. The molecule has 5 N–H and O–H groups in total. The molecule has 1 aliphatic heterocycles. The van der Waals surface area contributed by atoms with Gasteiger partial charge < -0.3 is 20.7 Å². The number of nitrogens with one attached hydrogen (secondary N) is 3. The fourth-order valence-electron chi connectivity index (χ4n) is 4.48. The lowest BCUT2D eigenvalue weighted by atomic mass is 9.95. The van der Waals surface area contributed by atoms with E-state index in [9.17, 15) is 22.8 Å². The molecule has 0 unspecified atom stereocenters. The summed E-state index contributed by atoms with van der Waals surface area (Å²) < 4.78 is 46.5. The summed E-state index contributed by atoms with van der Waals surface area (Å²) in [6, 6.07) is -0.691. The Morgan fingerprint density at radius 1 is 1.14 bits per heavy atom. The zero-order valence-corrected chi connectivity index (χ0v) is 20.7. The highest BCUT2D eigenvalue weighted by atomic mass is 32.1. The van der Waals surface area contributed by atoms with Crippen LogP contribution in [0.4, 0.5) is 23.0 Å². The Bertz CT molecular complexity index is 1160. The smallest absolute Gasteiger partial charge is 0.425 e. The Morgan fingerprint density at radius 3 is 2.57 bits per heavy atom. The summed E-state index contributed by atoms with van der Waals surface area (Å²) in [5, 5.41) is 13.1. The van der Waals surface area contributed by atoms with Gasteiger partial charge in [0.25, 0.3) is 0 Å². The van der Waals surface area contributed by atoms with Crippen LogP contribution in [-0.2, 0) is 43.3 Å². The van der Waals surface area contributed by atoms with Crippen LogP contribution in [0.2, 0.25) is 0 Å². The van der Waals surface area contributed by atoms with Crippen LogP contribution in [0.15, 0.2) is 0 Å². The monoisotopic (exact) mass is 529 g/mol. The summed E-state index contributed by atoms with van der Waals surface area (Å²) in [6.45, 7) is 2.05. The molecular weight excluding hydrogens is 503 g/mol. The average Bonchev–Trinajstić information content (AvgIpc) is 3.35. The number of halogens is 3. The van der Waals surface area contributed by atoms with E-state index in [0.717, 1.165) is 36.1 Å². The lowest BCUT2D eigenvalue weighted by Crippen LogP contribution is -2.39. The lowest BCUT2D eigenvalue weighted by Gasteiger charge is -2.27. The van der Waals surface area contributed by atoms with E-state index < -0.39 is 23.1 Å². The molecule has 1 aliphatic carbocycles. The minimum atomic E-state index is -4.57. The van der Waals surface area contributed by atoms with Crippen molar-refractivity contribution in [3.05, 3.63) is 36.9 Å². The molecule has 2 aromatic rings. The van der Waals surface area contributed by atoms with Gasteiger partial charge in [0.15, 0.2) is 5.96 Å². The molecule has 4 rings (SSSR count). The number of hydrogen-bond donors (Lipinski definition) is 4. The Hall–Kier alpha value is -2.80. The van der Waals surface area contributed by atoms with Crippen molar-refractivity contribution in [2.45, 2.75) is 58.3 Å². The van der Waals surface area contributed by atoms with Gasteiger partial charge in [0.2, 0.25) is 0 Å². The summed E-state index contributed by atoms with van der Waals surface area (Å²) in [6.07, 6.45) is -0.816. The number of carbonyl (C=O) groups excluding carboxylic acids is 2. The fourth-order valence-corrected chi connectivity index (χ4v) is 7.00. The molecule has 0 saturated carbocycles. The van der Waals surface area contributed by atoms with Crippen molar-refractivity contribution in [1.82, 2.24) is 10.2 Å². The van der Waals surface area contributed by atoms with Gasteiger partial charge in [-0.05, 0) is 55.7 Å². The van der Waals surface area contributed by atoms with Crippen LogP contribution in [0.3, 0.4) is 0 Å². The Balaban J connectivity index is 1.53. The molecular formula is C22H26F3N5O3S2. The Morgan fingerprint density at radius 2 is 1.89 bits per heavy atom. The number of anilines is 1. The van der Waals surface area contributed by atoms with Gasteiger partial charge >= 0.3 is 18.2 Å². The lowest BCUT2D eigenvalue weighted by molar-refractivity contribution is -0.135. The van der Waals surface area contributed by atoms with E-state index >= 15 is 0 Å². The van der Waals surface area contributed by atoms with Crippen LogP contribution in [0, 0.1) is 5.41 Å². The molecule has 0 fully saturated rings. The second kappa shape index (κ2) is 10.1. The predicted molar refractivity (Wildman–Crippen MR) is 128 cm³/mol. The van der Waals surface area contributed by atoms with Gasteiger partial charge in [-0.1, -0.05) is 0 Å². The number of aryl methyl sites for hydroxylation is 1. The molecule has 8 nitrogen and oxygen atoms in total. The number of thiophene rings is 2. The Labute approximate surface area is 208 Å². The van der Waals surface area contributed by atoms with E-state index in [0.29, 0.717) is 45.3 Å². The van der Waals surface area contributed by atoms with Gasteiger partial charge in [0.05, 0.1) is 18.7 Å². The second-order valence-corrected chi connectivity index (χ2v) is 10.5. The quantitative estimate of drug-likeness (QED) is 0.259. The van der Waals surface area contributed by atoms with E-state index in [4.69, 9.17) is 15.9 Å². The maximum atomic E-state index is 13.8. The molecule has 2 aromatic heterocycles. The average molecular weight is 530 g/mol. The molecule has 0 bridgehead atoms. The number of ether oxygens (including phenoxy) is 1. The summed E-state index contributed by atoms with van der Waals surface area (Å²) in [7, 11) is 0. The van der Waals surface area contributed by atoms with Crippen molar-refractivity contribution in [3.8, 4) is 0 Å². The number of alkyl halides is 3. The molecule has 0 atom stereocenters. The van der Waals surface area contributed by atoms with Crippen LogP contribution < -0.4 is 16.4 Å². The molecule has 2 amide bonds. The van der Waals surface area contributed by atoms with Crippen LogP contribution in [-0.4, -0.2) is 36.0 Å². The molecule has 0 radical (unpaired) electrons. The Kier molecular flexibility index (Phi) is 7.27. The zero-order chi connectivity index (χ0) is 25.3. The van der Waals surface area contributed by atoms with E-state index in [1.54, 1.807) is 6.92 Å². The summed E-state index contributed by atoms with van der Waals surface area (Å²) in [5.74, 6) is -0.698. The van der Waals surface area contributed by atoms with E-state index in [-0.39, 0.29) is 31.2 Å². The van der Waals surface area contributed by atoms with Crippen LogP contribution >= 0.6 is 22.7 Å². The van der Waals surface area contributed by atoms with Crippen molar-refractivity contribution in [1.29, 1.82) is 5.41 Å².